The highest BCUT2D eigenvalue weighted by atomic mass is 79.9. The van der Waals surface area contributed by atoms with Crippen LogP contribution in [-0.2, 0) is 0 Å². The van der Waals surface area contributed by atoms with E-state index in [0.717, 1.165) is 10.0 Å². The van der Waals surface area contributed by atoms with Crippen LogP contribution in [0.1, 0.15) is 18.4 Å². The van der Waals surface area contributed by atoms with E-state index in [1.54, 1.807) is 12.1 Å². The number of phenolic OH excluding ortho intramolecular Hbond substituents is 1. The number of halogens is 1. The number of phenols is 1. The lowest BCUT2D eigenvalue weighted by Gasteiger charge is -2.13. The predicted octanol–water partition coefficient (Wildman–Crippen LogP) is 2.26. The molecular formula is C10H13BrO3. The topological polar surface area (TPSA) is 49.7 Å². The molecule has 78 valence electrons. The number of aromatic hydroxyl groups is 1. The van der Waals surface area contributed by atoms with Gasteiger partial charge in [0, 0.05) is 17.0 Å². The molecule has 1 aromatic rings. The summed E-state index contributed by atoms with van der Waals surface area (Å²) >= 11 is 3.36. The summed E-state index contributed by atoms with van der Waals surface area (Å²) in [6.45, 7) is 1.93. The number of hydrogen-bond donors (Lipinski definition) is 2. The standard InChI is InChI=1S/C10H13BrO3/c1-6(5-12)7-3-9(13)10(14-2)4-8(7)11/h3-4,6,12-13H,5H2,1-2H3. The molecule has 1 unspecified atom stereocenters. The Morgan fingerprint density at radius 1 is 1.50 bits per heavy atom. The van der Waals surface area contributed by atoms with Gasteiger partial charge in [0.15, 0.2) is 11.5 Å². The number of methoxy groups -OCH3 is 1. The fourth-order valence-corrected chi connectivity index (χ4v) is 1.91. The highest BCUT2D eigenvalue weighted by Crippen LogP contribution is 2.35. The van der Waals surface area contributed by atoms with Crippen molar-refractivity contribution in [1.82, 2.24) is 0 Å². The molecule has 0 fully saturated rings. The first-order valence-electron chi connectivity index (χ1n) is 4.27. The van der Waals surface area contributed by atoms with Gasteiger partial charge < -0.3 is 14.9 Å². The van der Waals surface area contributed by atoms with Gasteiger partial charge in [0.05, 0.1) is 7.11 Å². The van der Waals surface area contributed by atoms with E-state index >= 15 is 0 Å². The number of aliphatic hydroxyl groups is 1. The molecular weight excluding hydrogens is 248 g/mol. The van der Waals surface area contributed by atoms with Crippen molar-refractivity contribution in [3.8, 4) is 11.5 Å². The Hall–Kier alpha value is -0.740. The van der Waals surface area contributed by atoms with Gasteiger partial charge in [0.1, 0.15) is 0 Å². The van der Waals surface area contributed by atoms with Gasteiger partial charge in [0.25, 0.3) is 0 Å². The van der Waals surface area contributed by atoms with E-state index in [9.17, 15) is 5.11 Å². The second kappa shape index (κ2) is 4.66. The quantitative estimate of drug-likeness (QED) is 0.877. The zero-order valence-corrected chi connectivity index (χ0v) is 9.71. The summed E-state index contributed by atoms with van der Waals surface area (Å²) in [5.74, 6) is 0.498. The molecule has 0 aliphatic heterocycles. The number of aliphatic hydroxyl groups excluding tert-OH is 1. The Morgan fingerprint density at radius 2 is 2.14 bits per heavy atom. The third-order valence-corrected chi connectivity index (χ3v) is 2.79. The van der Waals surface area contributed by atoms with Gasteiger partial charge >= 0.3 is 0 Å². The maximum atomic E-state index is 9.53. The van der Waals surface area contributed by atoms with E-state index in [1.165, 1.54) is 7.11 Å². The zero-order valence-electron chi connectivity index (χ0n) is 8.12. The molecule has 0 heterocycles. The monoisotopic (exact) mass is 260 g/mol. The van der Waals surface area contributed by atoms with Crippen LogP contribution in [-0.4, -0.2) is 23.9 Å². The highest BCUT2D eigenvalue weighted by Gasteiger charge is 2.12. The van der Waals surface area contributed by atoms with Crippen LogP contribution < -0.4 is 4.74 Å². The van der Waals surface area contributed by atoms with E-state index in [4.69, 9.17) is 9.84 Å². The molecule has 0 radical (unpaired) electrons. The maximum Gasteiger partial charge on any atom is 0.161 e. The minimum absolute atomic E-state index is 0.0128. The lowest BCUT2D eigenvalue weighted by molar-refractivity contribution is 0.272. The average molecular weight is 261 g/mol. The molecule has 4 heteroatoms. The summed E-state index contributed by atoms with van der Waals surface area (Å²) in [7, 11) is 1.50. The van der Waals surface area contributed by atoms with Crippen LogP contribution in [0.2, 0.25) is 0 Å². The normalized spacial score (nSPS) is 12.6. The van der Waals surface area contributed by atoms with Gasteiger partial charge in [-0.25, -0.2) is 0 Å². The molecule has 1 atom stereocenters. The van der Waals surface area contributed by atoms with Gasteiger partial charge in [-0.1, -0.05) is 22.9 Å². The van der Waals surface area contributed by atoms with Crippen molar-refractivity contribution in [3.05, 3.63) is 22.2 Å². The molecule has 0 aliphatic rings. The third kappa shape index (κ3) is 2.19. The predicted molar refractivity (Wildman–Crippen MR) is 57.9 cm³/mol. The Balaban J connectivity index is 3.14. The van der Waals surface area contributed by atoms with E-state index in [1.807, 2.05) is 6.92 Å². The van der Waals surface area contributed by atoms with Crippen LogP contribution in [0.3, 0.4) is 0 Å². The Kier molecular flexibility index (Phi) is 3.77. The fourth-order valence-electron chi connectivity index (χ4n) is 1.20. The molecule has 0 spiro atoms. The first-order valence-corrected chi connectivity index (χ1v) is 5.06. The summed E-state index contributed by atoms with van der Waals surface area (Å²) in [6.07, 6.45) is 0. The van der Waals surface area contributed by atoms with E-state index in [0.29, 0.717) is 5.75 Å². The first kappa shape index (κ1) is 11.3. The van der Waals surface area contributed by atoms with Crippen LogP contribution in [0.5, 0.6) is 11.5 Å². The third-order valence-electron chi connectivity index (χ3n) is 2.10. The van der Waals surface area contributed by atoms with Crippen molar-refractivity contribution in [3.63, 3.8) is 0 Å². The molecule has 2 N–H and O–H groups in total. The summed E-state index contributed by atoms with van der Waals surface area (Å²) in [5, 5.41) is 18.5. The largest absolute Gasteiger partial charge is 0.504 e. The number of hydrogen-bond acceptors (Lipinski definition) is 3. The van der Waals surface area contributed by atoms with Gasteiger partial charge in [-0.05, 0) is 17.7 Å². The van der Waals surface area contributed by atoms with Crippen LogP contribution >= 0.6 is 15.9 Å². The molecule has 0 bridgehead atoms. The fraction of sp³-hybridized carbons (Fsp3) is 0.400. The lowest BCUT2D eigenvalue weighted by atomic mass is 10.0. The summed E-state index contributed by atoms with van der Waals surface area (Å²) in [6, 6.07) is 3.29. The molecule has 0 saturated carbocycles. The molecule has 0 aromatic heterocycles. The molecule has 0 saturated heterocycles. The van der Waals surface area contributed by atoms with E-state index < -0.39 is 0 Å². The van der Waals surface area contributed by atoms with Gasteiger partial charge in [-0.15, -0.1) is 0 Å². The van der Waals surface area contributed by atoms with Crippen molar-refractivity contribution in [1.29, 1.82) is 0 Å². The number of rotatable bonds is 3. The van der Waals surface area contributed by atoms with Gasteiger partial charge in [-0.3, -0.25) is 0 Å². The van der Waals surface area contributed by atoms with Gasteiger partial charge in [-0.2, -0.15) is 0 Å². The lowest BCUT2D eigenvalue weighted by Crippen LogP contribution is -2.00. The second-order valence-electron chi connectivity index (χ2n) is 3.13. The van der Waals surface area contributed by atoms with Crippen LogP contribution in [0.4, 0.5) is 0 Å². The molecule has 0 aliphatic carbocycles. The van der Waals surface area contributed by atoms with Crippen molar-refractivity contribution >= 4 is 15.9 Å². The smallest absolute Gasteiger partial charge is 0.161 e. The second-order valence-corrected chi connectivity index (χ2v) is 3.98. The summed E-state index contributed by atoms with van der Waals surface area (Å²) in [5.41, 5.74) is 0.866. The van der Waals surface area contributed by atoms with Crippen molar-refractivity contribution < 1.29 is 14.9 Å². The molecule has 14 heavy (non-hydrogen) atoms. The molecule has 0 amide bonds. The zero-order chi connectivity index (χ0) is 10.7. The summed E-state index contributed by atoms with van der Waals surface area (Å²) < 4.78 is 5.78. The van der Waals surface area contributed by atoms with Crippen LogP contribution in [0.15, 0.2) is 16.6 Å². The Morgan fingerprint density at radius 3 is 2.64 bits per heavy atom. The SMILES string of the molecule is COc1cc(Br)c(C(C)CO)cc1O. The van der Waals surface area contributed by atoms with Crippen molar-refractivity contribution in [2.75, 3.05) is 13.7 Å². The maximum absolute atomic E-state index is 9.53. The van der Waals surface area contributed by atoms with E-state index in [-0.39, 0.29) is 18.3 Å². The van der Waals surface area contributed by atoms with Gasteiger partial charge in [0.2, 0.25) is 0 Å². The Labute approximate surface area is 91.5 Å². The first-order chi connectivity index (χ1) is 6.60. The Bertz CT molecular complexity index is 325. The number of benzene rings is 1. The molecule has 3 nitrogen and oxygen atoms in total. The average Bonchev–Trinajstić information content (AvgIpc) is 2.19. The van der Waals surface area contributed by atoms with E-state index in [2.05, 4.69) is 15.9 Å². The highest BCUT2D eigenvalue weighted by molar-refractivity contribution is 9.10. The van der Waals surface area contributed by atoms with Crippen molar-refractivity contribution in [2.45, 2.75) is 12.8 Å². The number of ether oxygens (including phenoxy) is 1. The van der Waals surface area contributed by atoms with Crippen molar-refractivity contribution in [2.24, 2.45) is 0 Å². The summed E-state index contributed by atoms with van der Waals surface area (Å²) in [4.78, 5) is 0. The molecule has 1 rings (SSSR count). The minimum atomic E-state index is -0.0128. The van der Waals surface area contributed by atoms with Crippen LogP contribution in [0, 0.1) is 0 Å². The minimum Gasteiger partial charge on any atom is -0.504 e. The molecule has 1 aromatic carbocycles. The van der Waals surface area contributed by atoms with Crippen LogP contribution in [0.25, 0.3) is 0 Å².